The number of hydrogen-bond acceptors (Lipinski definition) is 3. The number of aromatic nitrogens is 2. The van der Waals surface area contributed by atoms with Gasteiger partial charge in [0, 0.05) is 26.2 Å². The van der Waals surface area contributed by atoms with Crippen molar-refractivity contribution in [2.24, 2.45) is 12.8 Å². The highest BCUT2D eigenvalue weighted by Gasteiger charge is 2.29. The van der Waals surface area contributed by atoms with Gasteiger partial charge in [-0.2, -0.15) is 5.10 Å². The van der Waals surface area contributed by atoms with Gasteiger partial charge in [0.1, 0.15) is 5.15 Å². The summed E-state index contributed by atoms with van der Waals surface area (Å²) in [7, 11) is 1.76. The molecule has 0 aliphatic carbocycles. The molecule has 19 heavy (non-hydrogen) atoms. The van der Waals surface area contributed by atoms with Crippen LogP contribution in [0.5, 0.6) is 0 Å². The summed E-state index contributed by atoms with van der Waals surface area (Å²) in [5.74, 6) is 0.119. The van der Waals surface area contributed by atoms with Gasteiger partial charge in [0.05, 0.1) is 11.3 Å². The van der Waals surface area contributed by atoms with Gasteiger partial charge in [-0.25, -0.2) is 0 Å². The van der Waals surface area contributed by atoms with Crippen LogP contribution in [0.1, 0.15) is 48.7 Å². The van der Waals surface area contributed by atoms with E-state index in [2.05, 4.69) is 5.10 Å². The fraction of sp³-hybridized carbons (Fsp3) is 0.692. The smallest absolute Gasteiger partial charge is 0.258 e. The van der Waals surface area contributed by atoms with Gasteiger partial charge >= 0.3 is 0 Å². The molecule has 0 saturated carbocycles. The minimum Gasteiger partial charge on any atom is -0.337 e. The molecule has 1 aliphatic heterocycles. The van der Waals surface area contributed by atoms with Crippen molar-refractivity contribution in [1.82, 2.24) is 14.7 Å². The van der Waals surface area contributed by atoms with E-state index in [4.69, 9.17) is 17.3 Å². The van der Waals surface area contributed by atoms with Gasteiger partial charge in [-0.05, 0) is 18.8 Å². The summed E-state index contributed by atoms with van der Waals surface area (Å²) >= 11 is 6.23. The lowest BCUT2D eigenvalue weighted by Gasteiger charge is -2.31. The van der Waals surface area contributed by atoms with Crippen LogP contribution in [0.2, 0.25) is 5.15 Å². The Kier molecular flexibility index (Phi) is 4.16. The average molecular weight is 285 g/mol. The predicted molar refractivity (Wildman–Crippen MR) is 75.4 cm³/mol. The molecule has 0 bridgehead atoms. The zero-order valence-corrected chi connectivity index (χ0v) is 12.4. The molecule has 1 atom stereocenters. The van der Waals surface area contributed by atoms with Gasteiger partial charge in [0.15, 0.2) is 0 Å². The maximum atomic E-state index is 12.6. The number of rotatable bonds is 2. The van der Waals surface area contributed by atoms with Crippen LogP contribution in [-0.2, 0) is 7.05 Å². The third kappa shape index (κ3) is 2.77. The van der Waals surface area contributed by atoms with E-state index in [1.165, 1.54) is 0 Å². The van der Waals surface area contributed by atoms with Crippen LogP contribution >= 0.6 is 11.6 Å². The van der Waals surface area contributed by atoms with Crippen molar-refractivity contribution in [2.75, 3.05) is 13.1 Å². The maximum Gasteiger partial charge on any atom is 0.258 e. The number of nitrogens with two attached hydrogens (primary N) is 1. The first-order chi connectivity index (χ1) is 8.91. The van der Waals surface area contributed by atoms with Crippen LogP contribution in [0.4, 0.5) is 0 Å². The Morgan fingerprint density at radius 3 is 2.79 bits per heavy atom. The molecule has 1 unspecified atom stereocenters. The Bertz CT molecular complexity index is 483. The number of piperidine rings is 1. The van der Waals surface area contributed by atoms with Crippen molar-refractivity contribution in [1.29, 1.82) is 0 Å². The molecule has 2 rings (SSSR count). The Morgan fingerprint density at radius 1 is 1.53 bits per heavy atom. The van der Waals surface area contributed by atoms with Gasteiger partial charge in [-0.3, -0.25) is 9.48 Å². The Hall–Kier alpha value is -1.07. The number of amides is 1. The van der Waals surface area contributed by atoms with Crippen LogP contribution < -0.4 is 5.73 Å². The van der Waals surface area contributed by atoms with Crippen LogP contribution in [0, 0.1) is 0 Å². The zero-order valence-electron chi connectivity index (χ0n) is 11.7. The number of nitrogens with zero attached hydrogens (tertiary/aromatic N) is 3. The molecular weight excluding hydrogens is 264 g/mol. The molecule has 1 saturated heterocycles. The molecule has 1 aromatic heterocycles. The van der Waals surface area contributed by atoms with Crippen molar-refractivity contribution in [3.8, 4) is 0 Å². The Morgan fingerprint density at radius 2 is 2.21 bits per heavy atom. The van der Waals surface area contributed by atoms with Crippen molar-refractivity contribution in [3.05, 3.63) is 16.4 Å². The minimum atomic E-state index is -0.0445. The quantitative estimate of drug-likeness (QED) is 0.900. The summed E-state index contributed by atoms with van der Waals surface area (Å²) in [6.45, 7) is 5.37. The fourth-order valence-corrected chi connectivity index (χ4v) is 2.69. The van der Waals surface area contributed by atoms with Crippen LogP contribution in [0.25, 0.3) is 0 Å². The van der Waals surface area contributed by atoms with Crippen molar-refractivity contribution in [2.45, 2.75) is 38.6 Å². The topological polar surface area (TPSA) is 64.2 Å². The number of hydrogen-bond donors (Lipinski definition) is 1. The second-order valence-corrected chi connectivity index (χ2v) is 5.84. The standard InChI is InChI=1S/C13H21ClN4O/c1-8(2)11-10(12(14)17(3)16-11)13(19)18-6-4-5-9(15)7-18/h8-9H,4-7,15H2,1-3H3. The zero-order chi connectivity index (χ0) is 14.2. The van der Waals surface area contributed by atoms with E-state index in [9.17, 15) is 4.79 Å². The molecule has 5 nitrogen and oxygen atoms in total. The third-order valence-electron chi connectivity index (χ3n) is 3.51. The average Bonchev–Trinajstić information content (AvgIpc) is 2.65. The number of aryl methyl sites for hydroxylation is 1. The molecule has 0 aromatic carbocycles. The van der Waals surface area contributed by atoms with Crippen LogP contribution in [0.3, 0.4) is 0 Å². The fourth-order valence-electron chi connectivity index (χ4n) is 2.48. The van der Waals surface area contributed by atoms with Gasteiger partial charge in [-0.15, -0.1) is 0 Å². The Balaban J connectivity index is 2.32. The van der Waals surface area contributed by atoms with E-state index in [-0.39, 0.29) is 17.9 Å². The van der Waals surface area contributed by atoms with Gasteiger partial charge in [-0.1, -0.05) is 25.4 Å². The second kappa shape index (κ2) is 5.51. The molecular formula is C13H21ClN4O. The van der Waals surface area contributed by atoms with E-state index >= 15 is 0 Å². The lowest BCUT2D eigenvalue weighted by atomic mass is 10.0. The lowest BCUT2D eigenvalue weighted by Crippen LogP contribution is -2.45. The van der Waals surface area contributed by atoms with Gasteiger partial charge in [0.2, 0.25) is 0 Å². The molecule has 1 aliphatic rings. The van der Waals surface area contributed by atoms with E-state index < -0.39 is 0 Å². The third-order valence-corrected chi connectivity index (χ3v) is 3.94. The summed E-state index contributed by atoms with van der Waals surface area (Å²) < 4.78 is 1.56. The molecule has 1 amide bonds. The lowest BCUT2D eigenvalue weighted by molar-refractivity contribution is 0.0707. The molecule has 0 radical (unpaired) electrons. The highest BCUT2D eigenvalue weighted by molar-refractivity contribution is 6.33. The first kappa shape index (κ1) is 14.3. The SMILES string of the molecule is CC(C)c1nn(C)c(Cl)c1C(=O)N1CCCC(N)C1. The number of likely N-dealkylation sites (tertiary alicyclic amines) is 1. The largest absolute Gasteiger partial charge is 0.337 e. The summed E-state index contributed by atoms with van der Waals surface area (Å²) in [5, 5.41) is 4.76. The first-order valence-corrected chi connectivity index (χ1v) is 7.06. The maximum absolute atomic E-state index is 12.6. The van der Waals surface area contributed by atoms with E-state index in [1.54, 1.807) is 16.6 Å². The molecule has 1 fully saturated rings. The van der Waals surface area contributed by atoms with Crippen LogP contribution in [0.15, 0.2) is 0 Å². The molecule has 0 spiro atoms. The monoisotopic (exact) mass is 284 g/mol. The number of carbonyl (C=O) groups is 1. The van der Waals surface area contributed by atoms with Crippen molar-refractivity contribution >= 4 is 17.5 Å². The summed E-state index contributed by atoms with van der Waals surface area (Å²) in [4.78, 5) is 14.4. The summed E-state index contributed by atoms with van der Waals surface area (Å²) in [6, 6.07) is 0.0654. The summed E-state index contributed by atoms with van der Waals surface area (Å²) in [6.07, 6.45) is 1.92. The minimum absolute atomic E-state index is 0.0445. The molecule has 106 valence electrons. The second-order valence-electron chi connectivity index (χ2n) is 5.48. The Labute approximate surface area is 118 Å². The number of carbonyl (C=O) groups excluding carboxylic acids is 1. The predicted octanol–water partition coefficient (Wildman–Crippen LogP) is 1.76. The van der Waals surface area contributed by atoms with Gasteiger partial charge < -0.3 is 10.6 Å². The van der Waals surface area contributed by atoms with E-state index in [0.29, 0.717) is 17.3 Å². The highest BCUT2D eigenvalue weighted by atomic mass is 35.5. The van der Waals surface area contributed by atoms with Crippen LogP contribution in [-0.4, -0.2) is 39.7 Å². The molecule has 2 N–H and O–H groups in total. The molecule has 1 aromatic rings. The van der Waals surface area contributed by atoms with E-state index in [1.807, 2.05) is 13.8 Å². The number of halogens is 1. The summed E-state index contributed by atoms with van der Waals surface area (Å²) in [5.41, 5.74) is 7.23. The molecule has 6 heteroatoms. The van der Waals surface area contributed by atoms with Crippen molar-refractivity contribution in [3.63, 3.8) is 0 Å². The molecule has 2 heterocycles. The first-order valence-electron chi connectivity index (χ1n) is 6.69. The highest BCUT2D eigenvalue weighted by Crippen LogP contribution is 2.27. The normalized spacial score (nSPS) is 20.1. The van der Waals surface area contributed by atoms with E-state index in [0.717, 1.165) is 25.1 Å². The van der Waals surface area contributed by atoms with Gasteiger partial charge in [0.25, 0.3) is 5.91 Å². The van der Waals surface area contributed by atoms with Crippen molar-refractivity contribution < 1.29 is 4.79 Å².